The number of thioether (sulfide) groups is 1. The first-order valence-corrected chi connectivity index (χ1v) is 7.85. The highest BCUT2D eigenvalue weighted by atomic mass is 32.2. The number of ether oxygens (including phenoxy) is 1. The Morgan fingerprint density at radius 3 is 2.94 bits per heavy atom. The van der Waals surface area contributed by atoms with Crippen LogP contribution in [-0.4, -0.2) is 36.8 Å². The minimum Gasteiger partial charge on any atom is -0.378 e. The number of hydrogen-bond acceptors (Lipinski definition) is 3. The fourth-order valence-corrected chi connectivity index (χ4v) is 3.69. The van der Waals surface area contributed by atoms with E-state index in [-0.39, 0.29) is 0 Å². The quantitative estimate of drug-likeness (QED) is 0.555. The van der Waals surface area contributed by atoms with Crippen molar-refractivity contribution in [1.82, 2.24) is 5.32 Å². The van der Waals surface area contributed by atoms with E-state index < -0.39 is 0 Å². The summed E-state index contributed by atoms with van der Waals surface area (Å²) in [6, 6.07) is 0.694. The molecule has 2 aliphatic rings. The van der Waals surface area contributed by atoms with Crippen molar-refractivity contribution in [3.8, 4) is 12.3 Å². The highest BCUT2D eigenvalue weighted by molar-refractivity contribution is 7.99. The molecule has 2 rings (SSSR count). The van der Waals surface area contributed by atoms with Gasteiger partial charge in [0.1, 0.15) is 0 Å². The molecule has 0 aromatic carbocycles. The van der Waals surface area contributed by atoms with Gasteiger partial charge in [-0.25, -0.2) is 0 Å². The van der Waals surface area contributed by atoms with Gasteiger partial charge in [-0.3, -0.25) is 0 Å². The molecule has 0 radical (unpaired) electrons. The van der Waals surface area contributed by atoms with E-state index in [9.17, 15) is 0 Å². The fraction of sp³-hybridized carbons (Fsp3) is 0.857. The summed E-state index contributed by atoms with van der Waals surface area (Å²) in [5, 5.41) is 3.69. The molecular formula is C14H23NOS. The Labute approximate surface area is 109 Å². The maximum Gasteiger partial charge on any atom is 0.0661 e. The van der Waals surface area contributed by atoms with E-state index >= 15 is 0 Å². The second kappa shape index (κ2) is 6.13. The van der Waals surface area contributed by atoms with E-state index in [2.05, 4.69) is 18.2 Å². The smallest absolute Gasteiger partial charge is 0.0661 e. The van der Waals surface area contributed by atoms with Crippen LogP contribution in [0.5, 0.6) is 0 Å². The van der Waals surface area contributed by atoms with E-state index in [1.54, 1.807) is 0 Å². The van der Waals surface area contributed by atoms with Gasteiger partial charge in [0.15, 0.2) is 0 Å². The molecular weight excluding hydrogens is 230 g/mol. The Morgan fingerprint density at radius 1 is 1.53 bits per heavy atom. The average molecular weight is 253 g/mol. The first kappa shape index (κ1) is 13.3. The second-order valence-corrected chi connectivity index (χ2v) is 6.13. The molecule has 0 aromatic rings. The zero-order valence-corrected chi connectivity index (χ0v) is 11.5. The van der Waals surface area contributed by atoms with Crippen LogP contribution in [0.3, 0.4) is 0 Å². The second-order valence-electron chi connectivity index (χ2n) is 5.03. The topological polar surface area (TPSA) is 21.3 Å². The summed E-state index contributed by atoms with van der Waals surface area (Å²) < 4.78 is 5.84. The van der Waals surface area contributed by atoms with Crippen LogP contribution in [0.4, 0.5) is 0 Å². The Hall–Kier alpha value is -0.170. The van der Waals surface area contributed by atoms with Crippen molar-refractivity contribution in [2.24, 2.45) is 5.41 Å². The predicted octanol–water partition coefficient (Wildman–Crippen LogP) is 2.29. The minimum absolute atomic E-state index is 0.493. The summed E-state index contributed by atoms with van der Waals surface area (Å²) in [4.78, 5) is 0. The minimum atomic E-state index is 0.493. The molecule has 96 valence electrons. The maximum atomic E-state index is 5.84. The lowest BCUT2D eigenvalue weighted by Crippen LogP contribution is -2.67. The maximum absolute atomic E-state index is 5.84. The van der Waals surface area contributed by atoms with Gasteiger partial charge in [-0.15, -0.1) is 18.2 Å². The van der Waals surface area contributed by atoms with Crippen LogP contribution in [0.25, 0.3) is 0 Å². The molecule has 2 fully saturated rings. The Bertz CT molecular complexity index is 282. The molecule has 0 heterocycles. The van der Waals surface area contributed by atoms with Crippen LogP contribution < -0.4 is 5.32 Å². The molecule has 1 N–H and O–H groups in total. The highest BCUT2D eigenvalue weighted by Crippen LogP contribution is 2.57. The van der Waals surface area contributed by atoms with Gasteiger partial charge in [0.25, 0.3) is 0 Å². The van der Waals surface area contributed by atoms with Crippen molar-refractivity contribution in [3.63, 3.8) is 0 Å². The molecule has 0 aromatic heterocycles. The molecule has 0 saturated heterocycles. The third-order valence-corrected chi connectivity index (χ3v) is 5.12. The molecule has 1 spiro atoms. The summed E-state index contributed by atoms with van der Waals surface area (Å²) in [6.45, 7) is 4.04. The number of hydrogen-bond donors (Lipinski definition) is 1. The summed E-state index contributed by atoms with van der Waals surface area (Å²) in [5.41, 5.74) is 0.493. The lowest BCUT2D eigenvalue weighted by atomic mass is 9.51. The van der Waals surface area contributed by atoms with Crippen molar-refractivity contribution >= 4 is 11.8 Å². The van der Waals surface area contributed by atoms with Crippen LogP contribution in [0.2, 0.25) is 0 Å². The molecule has 0 aliphatic heterocycles. The summed E-state index contributed by atoms with van der Waals surface area (Å²) in [6.07, 6.45) is 11.0. The van der Waals surface area contributed by atoms with Gasteiger partial charge in [0.05, 0.1) is 11.9 Å². The molecule has 17 heavy (non-hydrogen) atoms. The highest BCUT2D eigenvalue weighted by Gasteiger charge is 2.58. The van der Waals surface area contributed by atoms with Crippen LogP contribution in [0, 0.1) is 17.8 Å². The molecule has 2 saturated carbocycles. The van der Waals surface area contributed by atoms with Crippen LogP contribution in [-0.2, 0) is 4.74 Å². The van der Waals surface area contributed by atoms with Gasteiger partial charge in [0, 0.05) is 30.4 Å². The molecule has 0 bridgehead atoms. The molecule has 2 nitrogen and oxygen atoms in total. The van der Waals surface area contributed by atoms with E-state index in [1.165, 1.54) is 25.7 Å². The number of terminal acetylenes is 1. The third-order valence-electron chi connectivity index (χ3n) is 4.26. The van der Waals surface area contributed by atoms with E-state index in [0.717, 1.165) is 24.7 Å². The van der Waals surface area contributed by atoms with Crippen molar-refractivity contribution in [3.05, 3.63) is 0 Å². The average Bonchev–Trinajstić information content (AvgIpc) is 2.23. The first-order valence-electron chi connectivity index (χ1n) is 6.69. The van der Waals surface area contributed by atoms with Crippen molar-refractivity contribution in [2.45, 2.75) is 44.8 Å². The lowest BCUT2D eigenvalue weighted by molar-refractivity contribution is -0.172. The fourth-order valence-electron chi connectivity index (χ4n) is 3.16. The zero-order valence-electron chi connectivity index (χ0n) is 10.7. The third kappa shape index (κ3) is 2.65. The molecule has 0 amide bonds. The van der Waals surface area contributed by atoms with Gasteiger partial charge in [-0.1, -0.05) is 12.3 Å². The Balaban J connectivity index is 1.67. The summed E-state index contributed by atoms with van der Waals surface area (Å²) in [7, 11) is 0. The normalized spacial score (nSPS) is 29.4. The van der Waals surface area contributed by atoms with E-state index in [1.807, 2.05) is 11.8 Å². The van der Waals surface area contributed by atoms with Gasteiger partial charge < -0.3 is 10.1 Å². The van der Waals surface area contributed by atoms with Crippen molar-refractivity contribution < 1.29 is 4.74 Å². The summed E-state index contributed by atoms with van der Waals surface area (Å²) in [5.74, 6) is 4.61. The Kier molecular flexibility index (Phi) is 4.78. The zero-order chi connectivity index (χ0) is 12.1. The Morgan fingerprint density at radius 2 is 2.35 bits per heavy atom. The standard InChI is InChI=1S/C14H23NOS/c1-3-9-17-10-8-15-12-11-13(16-4-2)14(12)6-5-7-14/h1,12-13,15H,4-11H2,2H3. The molecule has 2 aliphatic carbocycles. The van der Waals surface area contributed by atoms with Crippen LogP contribution in [0.1, 0.15) is 32.6 Å². The summed E-state index contributed by atoms with van der Waals surface area (Å²) >= 11 is 1.84. The molecule has 3 heteroatoms. The van der Waals surface area contributed by atoms with Crippen molar-refractivity contribution in [2.75, 3.05) is 24.7 Å². The predicted molar refractivity (Wildman–Crippen MR) is 74.3 cm³/mol. The largest absolute Gasteiger partial charge is 0.378 e. The van der Waals surface area contributed by atoms with Crippen LogP contribution >= 0.6 is 11.8 Å². The van der Waals surface area contributed by atoms with E-state index in [0.29, 0.717) is 17.6 Å². The number of nitrogens with one attached hydrogen (secondary N) is 1. The lowest BCUT2D eigenvalue weighted by Gasteiger charge is -2.61. The number of rotatable bonds is 7. The van der Waals surface area contributed by atoms with Gasteiger partial charge in [-0.2, -0.15) is 0 Å². The van der Waals surface area contributed by atoms with Crippen molar-refractivity contribution in [1.29, 1.82) is 0 Å². The van der Waals surface area contributed by atoms with Gasteiger partial charge in [0.2, 0.25) is 0 Å². The first-order chi connectivity index (χ1) is 8.33. The van der Waals surface area contributed by atoms with Gasteiger partial charge in [-0.05, 0) is 26.2 Å². The monoisotopic (exact) mass is 253 g/mol. The molecule has 2 atom stereocenters. The van der Waals surface area contributed by atoms with Crippen LogP contribution in [0.15, 0.2) is 0 Å². The van der Waals surface area contributed by atoms with E-state index in [4.69, 9.17) is 11.2 Å². The molecule has 2 unspecified atom stereocenters. The SMILES string of the molecule is C#CCSCCNC1CC(OCC)C12CCC2. The van der Waals surface area contributed by atoms with Gasteiger partial charge >= 0.3 is 0 Å².